The van der Waals surface area contributed by atoms with E-state index in [9.17, 15) is 14.4 Å². The lowest BCUT2D eigenvalue weighted by Gasteiger charge is -2.39. The van der Waals surface area contributed by atoms with Crippen LogP contribution in [0.4, 0.5) is 20.6 Å². The molecule has 3 amide bonds. The van der Waals surface area contributed by atoms with Crippen molar-refractivity contribution in [2.45, 2.75) is 45.3 Å². The molecule has 1 aromatic heterocycles. The average Bonchev–Trinajstić information content (AvgIpc) is 3.48. The Bertz CT molecular complexity index is 1060. The van der Waals surface area contributed by atoms with E-state index in [0.29, 0.717) is 37.4 Å². The standard InChI is InChI=1S/C25H31FN4O4S/c1-3-29(24(32)14-21-5-4-12-35-21)18-8-10-28(11-9-18)23-7-6-19(13-22(23)26)30-16-20(34-25(30)33)15-27-17(2)31/h4-7,12-13,18,20H,3,8-11,14-16H2,1-2H3,(H,27,31)/t20-/m0/s1. The number of cyclic esters (lactones) is 1. The van der Waals surface area contributed by atoms with Gasteiger partial charge in [0.15, 0.2) is 0 Å². The second-order valence-corrected chi connectivity index (χ2v) is 9.88. The molecule has 188 valence electrons. The second kappa shape index (κ2) is 11.1. The predicted molar refractivity (Wildman–Crippen MR) is 133 cm³/mol. The summed E-state index contributed by atoms with van der Waals surface area (Å²) in [6.45, 7) is 5.82. The summed E-state index contributed by atoms with van der Waals surface area (Å²) in [6.07, 6.45) is 0.937. The summed E-state index contributed by atoms with van der Waals surface area (Å²) in [6, 6.07) is 8.85. The van der Waals surface area contributed by atoms with Crippen LogP contribution in [0.1, 0.15) is 31.6 Å². The highest BCUT2D eigenvalue weighted by molar-refractivity contribution is 7.10. The van der Waals surface area contributed by atoms with Crippen molar-refractivity contribution in [1.29, 1.82) is 0 Å². The number of likely N-dealkylation sites (N-methyl/N-ethyl adjacent to an activating group) is 1. The molecule has 1 aromatic carbocycles. The molecule has 2 saturated heterocycles. The molecule has 0 radical (unpaired) electrons. The number of hydrogen-bond acceptors (Lipinski definition) is 6. The van der Waals surface area contributed by atoms with Gasteiger partial charge in [-0.15, -0.1) is 11.3 Å². The lowest BCUT2D eigenvalue weighted by atomic mass is 10.0. The van der Waals surface area contributed by atoms with Crippen LogP contribution < -0.4 is 15.1 Å². The number of thiophene rings is 1. The van der Waals surface area contributed by atoms with Crippen LogP contribution >= 0.6 is 11.3 Å². The van der Waals surface area contributed by atoms with E-state index in [1.54, 1.807) is 23.5 Å². The first kappa shape index (κ1) is 25.0. The summed E-state index contributed by atoms with van der Waals surface area (Å²) >= 11 is 1.59. The van der Waals surface area contributed by atoms with Crippen LogP contribution in [0.15, 0.2) is 35.7 Å². The van der Waals surface area contributed by atoms with E-state index >= 15 is 4.39 Å². The summed E-state index contributed by atoms with van der Waals surface area (Å²) in [4.78, 5) is 42.6. The van der Waals surface area contributed by atoms with Crippen LogP contribution in [0.3, 0.4) is 0 Å². The molecule has 8 nitrogen and oxygen atoms in total. The molecule has 2 aliphatic rings. The van der Waals surface area contributed by atoms with E-state index < -0.39 is 18.0 Å². The Kier molecular flexibility index (Phi) is 7.90. The molecule has 1 N–H and O–H groups in total. The Morgan fingerprint density at radius 2 is 2.03 bits per heavy atom. The summed E-state index contributed by atoms with van der Waals surface area (Å²) in [7, 11) is 0. The van der Waals surface area contributed by atoms with Crippen molar-refractivity contribution in [2.75, 3.05) is 42.5 Å². The normalized spacial score (nSPS) is 18.5. The number of amides is 3. The molecule has 0 bridgehead atoms. The number of hydrogen-bond donors (Lipinski definition) is 1. The van der Waals surface area contributed by atoms with Crippen molar-refractivity contribution in [3.63, 3.8) is 0 Å². The zero-order valence-electron chi connectivity index (χ0n) is 20.0. The minimum Gasteiger partial charge on any atom is -0.442 e. The summed E-state index contributed by atoms with van der Waals surface area (Å²) < 4.78 is 20.4. The first-order chi connectivity index (χ1) is 16.9. The number of halogens is 1. The first-order valence-electron chi connectivity index (χ1n) is 11.9. The minimum absolute atomic E-state index is 0.137. The number of rotatable bonds is 8. The number of nitrogens with one attached hydrogen (secondary N) is 1. The number of carbonyl (C=O) groups is 3. The maximum atomic E-state index is 15.1. The number of carbonyl (C=O) groups excluding carboxylic acids is 3. The van der Waals surface area contributed by atoms with Gasteiger partial charge in [0.25, 0.3) is 0 Å². The van der Waals surface area contributed by atoms with Crippen LogP contribution in [-0.2, 0) is 20.7 Å². The number of nitrogens with zero attached hydrogens (tertiary/aromatic N) is 3. The van der Waals surface area contributed by atoms with Crippen molar-refractivity contribution in [3.8, 4) is 0 Å². The molecule has 1 atom stereocenters. The lowest BCUT2D eigenvalue weighted by Crippen LogP contribution is -2.48. The molecule has 2 aliphatic heterocycles. The van der Waals surface area contributed by atoms with Crippen molar-refractivity contribution in [1.82, 2.24) is 10.2 Å². The van der Waals surface area contributed by atoms with E-state index in [2.05, 4.69) is 5.32 Å². The number of ether oxygens (including phenoxy) is 1. The van der Waals surface area contributed by atoms with Crippen LogP contribution in [0.2, 0.25) is 0 Å². The molecule has 0 aliphatic carbocycles. The van der Waals surface area contributed by atoms with Crippen molar-refractivity contribution in [3.05, 3.63) is 46.4 Å². The van der Waals surface area contributed by atoms with Crippen LogP contribution in [0, 0.1) is 5.82 Å². The summed E-state index contributed by atoms with van der Waals surface area (Å²) in [5, 5.41) is 4.61. The zero-order valence-corrected chi connectivity index (χ0v) is 20.9. The minimum atomic E-state index is -0.555. The predicted octanol–water partition coefficient (Wildman–Crippen LogP) is 3.41. The third kappa shape index (κ3) is 5.93. The van der Waals surface area contributed by atoms with Gasteiger partial charge in [0.2, 0.25) is 11.8 Å². The number of anilines is 2. The third-order valence-corrected chi connectivity index (χ3v) is 7.38. The van der Waals surface area contributed by atoms with Gasteiger partial charge in [-0.25, -0.2) is 9.18 Å². The highest BCUT2D eigenvalue weighted by atomic mass is 32.1. The second-order valence-electron chi connectivity index (χ2n) is 8.84. The van der Waals surface area contributed by atoms with Gasteiger partial charge in [-0.3, -0.25) is 14.5 Å². The van der Waals surface area contributed by atoms with E-state index in [0.717, 1.165) is 17.7 Å². The fraction of sp³-hybridized carbons (Fsp3) is 0.480. The fourth-order valence-corrected chi connectivity index (χ4v) is 5.43. The molecule has 0 spiro atoms. The number of piperidine rings is 1. The van der Waals surface area contributed by atoms with Crippen molar-refractivity contribution in [2.24, 2.45) is 0 Å². The Morgan fingerprint density at radius 1 is 1.26 bits per heavy atom. The van der Waals surface area contributed by atoms with Gasteiger partial charge in [0.05, 0.1) is 30.9 Å². The van der Waals surface area contributed by atoms with Gasteiger partial charge in [0, 0.05) is 37.5 Å². The molecule has 2 fully saturated rings. The van der Waals surface area contributed by atoms with Crippen molar-refractivity contribution < 1.29 is 23.5 Å². The van der Waals surface area contributed by atoms with E-state index in [1.165, 1.54) is 17.9 Å². The maximum absolute atomic E-state index is 15.1. The van der Waals surface area contributed by atoms with Gasteiger partial charge in [-0.2, -0.15) is 0 Å². The zero-order chi connectivity index (χ0) is 24.9. The molecule has 35 heavy (non-hydrogen) atoms. The van der Waals surface area contributed by atoms with E-state index in [1.807, 2.05) is 34.2 Å². The smallest absolute Gasteiger partial charge is 0.414 e. The quantitative estimate of drug-likeness (QED) is 0.598. The fourth-order valence-electron chi connectivity index (χ4n) is 4.74. The Morgan fingerprint density at radius 3 is 2.66 bits per heavy atom. The summed E-state index contributed by atoms with van der Waals surface area (Å²) in [5.74, 6) is -0.467. The Hall–Kier alpha value is -3.14. The van der Waals surface area contributed by atoms with Crippen LogP contribution in [0.5, 0.6) is 0 Å². The highest BCUT2D eigenvalue weighted by Gasteiger charge is 2.33. The van der Waals surface area contributed by atoms with Gasteiger partial charge in [0.1, 0.15) is 11.9 Å². The molecule has 10 heteroatoms. The molecule has 0 unspecified atom stereocenters. The van der Waals surface area contributed by atoms with Gasteiger partial charge < -0.3 is 19.9 Å². The lowest BCUT2D eigenvalue weighted by molar-refractivity contribution is -0.133. The van der Waals surface area contributed by atoms with Crippen LogP contribution in [-0.4, -0.2) is 67.7 Å². The molecule has 4 rings (SSSR count). The molecular formula is C25H31FN4O4S. The SMILES string of the molecule is CCN(C(=O)Cc1cccs1)C1CCN(c2ccc(N3C[C@H](CNC(C)=O)OC3=O)cc2F)CC1. The Balaban J connectivity index is 1.35. The largest absolute Gasteiger partial charge is 0.442 e. The molecule has 2 aromatic rings. The molecular weight excluding hydrogens is 471 g/mol. The van der Waals surface area contributed by atoms with Gasteiger partial charge >= 0.3 is 6.09 Å². The van der Waals surface area contributed by atoms with Crippen LogP contribution in [0.25, 0.3) is 0 Å². The average molecular weight is 503 g/mol. The first-order valence-corrected chi connectivity index (χ1v) is 12.8. The molecule has 0 saturated carbocycles. The topological polar surface area (TPSA) is 82.2 Å². The van der Waals surface area contributed by atoms with Crippen molar-refractivity contribution >= 4 is 40.6 Å². The van der Waals surface area contributed by atoms with E-state index in [-0.39, 0.29) is 30.9 Å². The maximum Gasteiger partial charge on any atom is 0.414 e. The van der Waals surface area contributed by atoms with Gasteiger partial charge in [-0.1, -0.05) is 6.07 Å². The third-order valence-electron chi connectivity index (χ3n) is 6.51. The number of benzene rings is 1. The van der Waals surface area contributed by atoms with E-state index in [4.69, 9.17) is 4.74 Å². The van der Waals surface area contributed by atoms with Gasteiger partial charge in [-0.05, 0) is 49.4 Å². The highest BCUT2D eigenvalue weighted by Crippen LogP contribution is 2.30. The Labute approximate surface area is 208 Å². The monoisotopic (exact) mass is 502 g/mol. The molecule has 3 heterocycles. The summed E-state index contributed by atoms with van der Waals surface area (Å²) in [5.41, 5.74) is 0.912.